The van der Waals surface area contributed by atoms with Gasteiger partial charge >= 0.3 is 0 Å². The molecule has 1 amide bonds. The zero-order valence-corrected chi connectivity index (χ0v) is 17.5. The van der Waals surface area contributed by atoms with Crippen LogP contribution in [0.2, 0.25) is 0 Å². The molecule has 1 heterocycles. The highest BCUT2D eigenvalue weighted by Crippen LogP contribution is 2.26. The van der Waals surface area contributed by atoms with Crippen molar-refractivity contribution in [2.24, 2.45) is 0 Å². The summed E-state index contributed by atoms with van der Waals surface area (Å²) >= 11 is 0. The summed E-state index contributed by atoms with van der Waals surface area (Å²) < 4.78 is 5.40. The van der Waals surface area contributed by atoms with Gasteiger partial charge in [-0.15, -0.1) is 0 Å². The van der Waals surface area contributed by atoms with Gasteiger partial charge in [0.15, 0.2) is 0 Å². The Bertz CT molecular complexity index is 1000. The largest absolute Gasteiger partial charge is 0.382 e. The summed E-state index contributed by atoms with van der Waals surface area (Å²) in [6.45, 7) is 1.19. The number of hydrogen-bond donors (Lipinski definition) is 2. The summed E-state index contributed by atoms with van der Waals surface area (Å²) in [7, 11) is 5.58. The molecule has 0 saturated heterocycles. The van der Waals surface area contributed by atoms with Crippen LogP contribution in [0.3, 0.4) is 0 Å². The van der Waals surface area contributed by atoms with E-state index in [0.717, 1.165) is 16.5 Å². The van der Waals surface area contributed by atoms with E-state index < -0.39 is 0 Å². The fraction of sp³-hybridized carbons (Fsp3) is 0.261. The van der Waals surface area contributed by atoms with Gasteiger partial charge in [0, 0.05) is 30.8 Å². The van der Waals surface area contributed by atoms with Crippen molar-refractivity contribution in [3.8, 4) is 0 Å². The summed E-state index contributed by atoms with van der Waals surface area (Å²) in [6.07, 6.45) is 4.89. The van der Waals surface area contributed by atoms with Gasteiger partial charge in [-0.1, -0.05) is 36.4 Å². The van der Waals surface area contributed by atoms with Gasteiger partial charge in [0.1, 0.15) is 12.1 Å². The predicted octanol–water partition coefficient (Wildman–Crippen LogP) is 3.49. The van der Waals surface area contributed by atoms with Crippen molar-refractivity contribution < 1.29 is 9.53 Å². The van der Waals surface area contributed by atoms with E-state index in [0.29, 0.717) is 24.7 Å². The maximum atomic E-state index is 12.2. The Balaban J connectivity index is 1.84. The quantitative estimate of drug-likeness (QED) is 0.531. The van der Waals surface area contributed by atoms with E-state index >= 15 is 0 Å². The number of nitrogens with zero attached hydrogens (tertiary/aromatic N) is 3. The molecule has 30 heavy (non-hydrogen) atoms. The van der Waals surface area contributed by atoms with Crippen molar-refractivity contribution in [3.05, 3.63) is 72.6 Å². The van der Waals surface area contributed by atoms with Gasteiger partial charge in [-0.2, -0.15) is 0 Å². The predicted molar refractivity (Wildman–Crippen MR) is 121 cm³/mol. The van der Waals surface area contributed by atoms with Gasteiger partial charge in [-0.05, 0) is 37.9 Å². The molecule has 3 rings (SSSR count). The molecule has 0 unspecified atom stereocenters. The van der Waals surface area contributed by atoms with Gasteiger partial charge in [0.05, 0.1) is 18.2 Å². The third-order valence-electron chi connectivity index (χ3n) is 4.49. The number of hydrogen-bond acceptors (Lipinski definition) is 6. The molecule has 156 valence electrons. The highest BCUT2D eigenvalue weighted by atomic mass is 16.5. The Morgan fingerprint density at radius 3 is 2.70 bits per heavy atom. The second-order valence-electron chi connectivity index (χ2n) is 7.17. The van der Waals surface area contributed by atoms with Gasteiger partial charge in [0.2, 0.25) is 5.91 Å². The molecule has 1 aromatic heterocycles. The lowest BCUT2D eigenvalue weighted by Crippen LogP contribution is -2.17. The van der Waals surface area contributed by atoms with E-state index in [4.69, 9.17) is 4.74 Å². The first kappa shape index (κ1) is 21.4. The topological polar surface area (TPSA) is 79.4 Å². The number of methoxy groups -OCH3 is 1. The zero-order chi connectivity index (χ0) is 21.3. The molecule has 7 heteroatoms. The van der Waals surface area contributed by atoms with Crippen LogP contribution in [-0.2, 0) is 9.53 Å². The Labute approximate surface area is 176 Å². The third kappa shape index (κ3) is 5.85. The Kier molecular flexibility index (Phi) is 7.48. The second-order valence-corrected chi connectivity index (χ2v) is 7.17. The van der Waals surface area contributed by atoms with Gasteiger partial charge in [-0.25, -0.2) is 9.97 Å². The highest BCUT2D eigenvalue weighted by molar-refractivity contribution is 6.01. The first-order chi connectivity index (χ1) is 14.6. The van der Waals surface area contributed by atoms with Crippen molar-refractivity contribution in [1.29, 1.82) is 0 Å². The van der Waals surface area contributed by atoms with E-state index in [9.17, 15) is 4.79 Å². The third-order valence-corrected chi connectivity index (χ3v) is 4.49. The molecule has 1 atom stereocenters. The molecule has 0 aliphatic heterocycles. The van der Waals surface area contributed by atoms with Crippen LogP contribution in [0.15, 0.2) is 67.0 Å². The summed E-state index contributed by atoms with van der Waals surface area (Å²) in [5, 5.41) is 7.17. The molecule has 0 saturated carbocycles. The van der Waals surface area contributed by atoms with Crippen LogP contribution in [0.25, 0.3) is 10.9 Å². The number of aromatic nitrogens is 2. The molecule has 0 fully saturated rings. The Morgan fingerprint density at radius 2 is 1.97 bits per heavy atom. The minimum absolute atomic E-state index is 0.0680. The molecule has 0 aliphatic rings. The number of rotatable bonds is 9. The van der Waals surface area contributed by atoms with Crippen molar-refractivity contribution in [3.63, 3.8) is 0 Å². The van der Waals surface area contributed by atoms with Crippen LogP contribution in [0.5, 0.6) is 0 Å². The maximum Gasteiger partial charge on any atom is 0.248 e. The summed E-state index contributed by atoms with van der Waals surface area (Å²) in [6, 6.07) is 15.6. The molecule has 0 bridgehead atoms. The molecule has 3 aromatic rings. The lowest BCUT2D eigenvalue weighted by Gasteiger charge is -2.20. The Morgan fingerprint density at radius 1 is 1.17 bits per heavy atom. The number of carbonyl (C=O) groups excluding carboxylic acids is 1. The molecule has 7 nitrogen and oxygen atoms in total. The highest BCUT2D eigenvalue weighted by Gasteiger charge is 2.14. The molecule has 0 radical (unpaired) electrons. The number of amides is 1. The number of fused-ring (bicyclic) bond motifs is 1. The van der Waals surface area contributed by atoms with Crippen molar-refractivity contribution in [2.75, 3.05) is 45.0 Å². The van der Waals surface area contributed by atoms with Gasteiger partial charge in [-0.3, -0.25) is 4.79 Å². The number of anilines is 2. The fourth-order valence-electron chi connectivity index (χ4n) is 3.04. The smallest absolute Gasteiger partial charge is 0.248 e. The van der Waals surface area contributed by atoms with Gasteiger partial charge in [0.25, 0.3) is 0 Å². The average molecular weight is 406 g/mol. The van der Waals surface area contributed by atoms with Crippen molar-refractivity contribution >= 4 is 28.3 Å². The lowest BCUT2D eigenvalue weighted by atomic mass is 10.1. The molecule has 2 N–H and O–H groups in total. The minimum Gasteiger partial charge on any atom is -0.382 e. The first-order valence-electron chi connectivity index (χ1n) is 9.74. The maximum absolute atomic E-state index is 12.2. The molecule has 2 aromatic carbocycles. The number of nitrogens with one attached hydrogen (secondary N) is 2. The van der Waals surface area contributed by atoms with E-state index in [2.05, 4.69) is 20.6 Å². The SMILES string of the molecule is COC[C@@H](Nc1ncnc2ccc(NC(=O)/C=C/CN(C)C)cc12)c1ccccc1. The lowest BCUT2D eigenvalue weighted by molar-refractivity contribution is -0.111. The van der Waals surface area contributed by atoms with Crippen LogP contribution in [0.1, 0.15) is 11.6 Å². The fourth-order valence-corrected chi connectivity index (χ4v) is 3.04. The standard InChI is InChI=1S/C23H27N5O2/c1-28(2)13-7-10-22(29)26-18-11-12-20-19(14-18)23(25-16-24-20)27-21(15-30-3)17-8-5-4-6-9-17/h4-12,14,16,21H,13,15H2,1-3H3,(H,26,29)(H,24,25,27)/b10-7+/t21-/m1/s1. The first-order valence-corrected chi connectivity index (χ1v) is 9.74. The van der Waals surface area contributed by atoms with Crippen LogP contribution in [-0.4, -0.2) is 55.1 Å². The van der Waals surface area contributed by atoms with E-state index in [-0.39, 0.29) is 11.9 Å². The van der Waals surface area contributed by atoms with E-state index in [1.54, 1.807) is 7.11 Å². The minimum atomic E-state index is -0.177. The number of benzene rings is 2. The molecule has 0 spiro atoms. The Hall–Kier alpha value is -3.29. The molecular formula is C23H27N5O2. The zero-order valence-electron chi connectivity index (χ0n) is 17.5. The monoisotopic (exact) mass is 405 g/mol. The van der Waals surface area contributed by atoms with Crippen molar-refractivity contribution in [1.82, 2.24) is 14.9 Å². The molecule has 0 aliphatic carbocycles. The van der Waals surface area contributed by atoms with Crippen LogP contribution in [0.4, 0.5) is 11.5 Å². The summed E-state index contributed by atoms with van der Waals surface area (Å²) in [4.78, 5) is 22.9. The number of likely N-dealkylation sites (N-methyl/N-ethyl adjacent to an activating group) is 1. The summed E-state index contributed by atoms with van der Waals surface area (Å²) in [5.74, 6) is 0.509. The average Bonchev–Trinajstić information content (AvgIpc) is 2.74. The van der Waals surface area contributed by atoms with Crippen LogP contribution < -0.4 is 10.6 Å². The second kappa shape index (κ2) is 10.5. The van der Waals surface area contributed by atoms with Gasteiger partial charge < -0.3 is 20.3 Å². The number of carbonyl (C=O) groups is 1. The van der Waals surface area contributed by atoms with E-state index in [1.165, 1.54) is 12.4 Å². The van der Waals surface area contributed by atoms with Crippen molar-refractivity contribution in [2.45, 2.75) is 6.04 Å². The molecular weight excluding hydrogens is 378 g/mol. The summed E-state index contributed by atoms with van der Waals surface area (Å²) in [5.41, 5.74) is 2.57. The number of ether oxygens (including phenoxy) is 1. The van der Waals surface area contributed by atoms with E-state index in [1.807, 2.05) is 73.6 Å². The van der Waals surface area contributed by atoms with Crippen LogP contribution >= 0.6 is 0 Å². The van der Waals surface area contributed by atoms with Crippen LogP contribution in [0, 0.1) is 0 Å². The normalized spacial score (nSPS) is 12.4.